The number of para-hydroxylation sites is 1. The number of hydrogen-bond acceptors (Lipinski definition) is 9. The van der Waals surface area contributed by atoms with Gasteiger partial charge in [-0.25, -0.2) is 9.59 Å². The van der Waals surface area contributed by atoms with E-state index in [-0.39, 0.29) is 12.6 Å². The maximum Gasteiger partial charge on any atom is 0.338 e. The lowest BCUT2D eigenvalue weighted by atomic mass is 9.95. The summed E-state index contributed by atoms with van der Waals surface area (Å²) in [5.74, 6) is 0.121. The molecule has 2 aromatic carbocycles. The summed E-state index contributed by atoms with van der Waals surface area (Å²) in [5.41, 5.74) is 3.03. The van der Waals surface area contributed by atoms with E-state index in [1.807, 2.05) is 36.4 Å². The second-order valence-corrected chi connectivity index (χ2v) is 7.25. The van der Waals surface area contributed by atoms with Crippen molar-refractivity contribution in [1.82, 2.24) is 20.2 Å². The van der Waals surface area contributed by atoms with Gasteiger partial charge in [-0.1, -0.05) is 35.4 Å². The molecule has 1 aliphatic rings. The second kappa shape index (κ2) is 9.51. The number of aromatic nitrogens is 4. The first kappa shape index (κ1) is 22.0. The number of nitrogens with one attached hydrogen (secondary N) is 1. The van der Waals surface area contributed by atoms with Gasteiger partial charge in [0.05, 0.1) is 24.9 Å². The number of ether oxygens (including phenoxy) is 3. The van der Waals surface area contributed by atoms with Gasteiger partial charge in [0.15, 0.2) is 0 Å². The lowest BCUT2D eigenvalue weighted by molar-refractivity contribution is -0.136. The third-order valence-corrected chi connectivity index (χ3v) is 5.19. The Labute approximate surface area is 190 Å². The topological polar surface area (TPSA) is 117 Å². The zero-order chi connectivity index (χ0) is 23.4. The molecular weight excluding hydrogens is 426 g/mol. The molecule has 1 N–H and O–H groups in total. The number of tetrazole rings is 1. The van der Waals surface area contributed by atoms with Crippen LogP contribution in [0.1, 0.15) is 41.4 Å². The molecule has 4 rings (SSSR count). The second-order valence-electron chi connectivity index (χ2n) is 7.25. The van der Waals surface area contributed by atoms with Crippen molar-refractivity contribution in [2.24, 2.45) is 0 Å². The molecule has 33 heavy (non-hydrogen) atoms. The van der Waals surface area contributed by atoms with Gasteiger partial charge in [0.25, 0.3) is 0 Å². The highest BCUT2D eigenvalue weighted by Gasteiger charge is 2.36. The van der Waals surface area contributed by atoms with Crippen molar-refractivity contribution in [3.63, 3.8) is 0 Å². The van der Waals surface area contributed by atoms with E-state index in [2.05, 4.69) is 20.8 Å². The van der Waals surface area contributed by atoms with Crippen LogP contribution in [0.4, 0.5) is 5.95 Å². The number of fused-ring (bicyclic) bond motifs is 1. The highest BCUT2D eigenvalue weighted by molar-refractivity contribution is 5.92. The molecule has 10 nitrogen and oxygen atoms in total. The highest BCUT2D eigenvalue weighted by Crippen LogP contribution is 2.39. The average molecular weight is 449 g/mol. The Hall–Kier alpha value is -4.21. The summed E-state index contributed by atoms with van der Waals surface area (Å²) in [6, 6.07) is 13.8. The van der Waals surface area contributed by atoms with E-state index in [0.717, 1.165) is 5.56 Å². The molecule has 0 bridgehead atoms. The van der Waals surface area contributed by atoms with E-state index >= 15 is 0 Å². The first-order chi connectivity index (χ1) is 16.0. The van der Waals surface area contributed by atoms with E-state index in [4.69, 9.17) is 14.2 Å². The molecule has 3 aromatic rings. The van der Waals surface area contributed by atoms with Crippen molar-refractivity contribution in [2.45, 2.75) is 26.5 Å². The molecule has 10 heteroatoms. The Kier molecular flexibility index (Phi) is 6.34. The van der Waals surface area contributed by atoms with Crippen LogP contribution in [-0.2, 0) is 20.9 Å². The van der Waals surface area contributed by atoms with Gasteiger partial charge in [-0.3, -0.25) is 0 Å². The third-order valence-electron chi connectivity index (χ3n) is 5.19. The minimum atomic E-state index is -0.633. The van der Waals surface area contributed by atoms with Crippen molar-refractivity contribution in [3.8, 4) is 5.75 Å². The van der Waals surface area contributed by atoms with Crippen LogP contribution >= 0.6 is 0 Å². The molecule has 1 atom stereocenters. The number of hydrogen-bond donors (Lipinski definition) is 1. The zero-order valence-electron chi connectivity index (χ0n) is 18.4. The smallest absolute Gasteiger partial charge is 0.338 e. The fraction of sp³-hybridized carbons (Fsp3) is 0.261. The third kappa shape index (κ3) is 4.40. The summed E-state index contributed by atoms with van der Waals surface area (Å²) in [6.07, 6.45) is 0. The first-order valence-corrected chi connectivity index (χ1v) is 10.3. The van der Waals surface area contributed by atoms with Crippen molar-refractivity contribution < 1.29 is 23.8 Å². The fourth-order valence-corrected chi connectivity index (χ4v) is 3.62. The number of anilines is 1. The summed E-state index contributed by atoms with van der Waals surface area (Å²) >= 11 is 0. The maximum absolute atomic E-state index is 12.6. The molecule has 1 unspecified atom stereocenters. The van der Waals surface area contributed by atoms with Crippen LogP contribution in [0.2, 0.25) is 0 Å². The fourth-order valence-electron chi connectivity index (χ4n) is 3.62. The molecule has 0 saturated carbocycles. The monoisotopic (exact) mass is 449 g/mol. The molecule has 170 valence electrons. The van der Waals surface area contributed by atoms with Crippen molar-refractivity contribution in [2.75, 3.05) is 19.0 Å². The van der Waals surface area contributed by atoms with Gasteiger partial charge >= 0.3 is 11.9 Å². The van der Waals surface area contributed by atoms with Crippen LogP contribution in [0.5, 0.6) is 5.75 Å². The van der Waals surface area contributed by atoms with E-state index < -0.39 is 12.0 Å². The molecule has 1 aromatic heterocycles. The van der Waals surface area contributed by atoms with Crippen LogP contribution in [0.25, 0.3) is 0 Å². The van der Waals surface area contributed by atoms with E-state index in [1.165, 1.54) is 11.8 Å². The van der Waals surface area contributed by atoms with Gasteiger partial charge in [-0.05, 0) is 48.0 Å². The molecule has 0 radical (unpaired) electrons. The molecule has 1 aliphatic heterocycles. The number of allylic oxidation sites excluding steroid dienone is 1. The van der Waals surface area contributed by atoms with Crippen molar-refractivity contribution in [3.05, 3.63) is 76.5 Å². The number of methoxy groups -OCH3 is 1. The van der Waals surface area contributed by atoms with Crippen LogP contribution in [-0.4, -0.2) is 45.9 Å². The van der Waals surface area contributed by atoms with Gasteiger partial charge < -0.3 is 19.5 Å². The SMILES string of the molecule is CCOC(=O)c1ccc(COc2ccccc2C2C(C(=O)OC)=C(C)Nc3nnnn32)cc1. The standard InChI is InChI=1S/C23H23N5O5/c1-4-32-21(29)16-11-9-15(10-12-16)13-33-18-8-6-5-7-17(18)20-19(22(30)31-3)14(2)24-23-25-26-27-28(20)23/h5-12,20H,4,13H2,1-3H3,(H,24,25,27). The Morgan fingerprint density at radius 1 is 1.09 bits per heavy atom. The van der Waals surface area contributed by atoms with Crippen LogP contribution in [0, 0.1) is 0 Å². The van der Waals surface area contributed by atoms with Gasteiger partial charge in [0.1, 0.15) is 18.4 Å². The van der Waals surface area contributed by atoms with Gasteiger partial charge in [0, 0.05) is 11.3 Å². The molecule has 2 heterocycles. The van der Waals surface area contributed by atoms with Gasteiger partial charge in [-0.15, -0.1) is 0 Å². The van der Waals surface area contributed by atoms with Gasteiger partial charge in [0.2, 0.25) is 5.95 Å². The Morgan fingerprint density at radius 2 is 1.85 bits per heavy atom. The summed E-state index contributed by atoms with van der Waals surface area (Å²) in [7, 11) is 1.33. The van der Waals surface area contributed by atoms with Crippen molar-refractivity contribution in [1.29, 1.82) is 0 Å². The number of rotatable bonds is 7. The molecule has 0 saturated heterocycles. The van der Waals surface area contributed by atoms with Crippen molar-refractivity contribution >= 4 is 17.9 Å². The highest BCUT2D eigenvalue weighted by atomic mass is 16.5. The largest absolute Gasteiger partial charge is 0.489 e. The predicted octanol–water partition coefficient (Wildman–Crippen LogP) is 2.89. The summed E-state index contributed by atoms with van der Waals surface area (Å²) in [4.78, 5) is 24.5. The molecule has 0 spiro atoms. The Balaban J connectivity index is 1.62. The summed E-state index contributed by atoms with van der Waals surface area (Å²) in [5, 5.41) is 14.8. The quantitative estimate of drug-likeness (QED) is 0.543. The molecular formula is C23H23N5O5. The summed E-state index contributed by atoms with van der Waals surface area (Å²) < 4.78 is 17.7. The lowest BCUT2D eigenvalue weighted by Gasteiger charge is -2.28. The number of nitrogens with zero attached hydrogens (tertiary/aromatic N) is 4. The molecule has 0 fully saturated rings. The number of benzene rings is 2. The van der Waals surface area contributed by atoms with Crippen LogP contribution in [0.15, 0.2) is 59.8 Å². The van der Waals surface area contributed by atoms with Gasteiger partial charge in [-0.2, -0.15) is 4.68 Å². The Bertz CT molecular complexity index is 1200. The van der Waals surface area contributed by atoms with E-state index in [1.54, 1.807) is 26.0 Å². The summed E-state index contributed by atoms with van der Waals surface area (Å²) in [6.45, 7) is 4.11. The number of carbonyl (C=O) groups excluding carboxylic acids is 2. The maximum atomic E-state index is 12.6. The number of carbonyl (C=O) groups is 2. The van der Waals surface area contributed by atoms with Crippen LogP contribution in [0.3, 0.4) is 0 Å². The zero-order valence-corrected chi connectivity index (χ0v) is 18.4. The predicted molar refractivity (Wildman–Crippen MR) is 117 cm³/mol. The lowest BCUT2D eigenvalue weighted by Crippen LogP contribution is -2.29. The van der Waals surface area contributed by atoms with Crippen LogP contribution < -0.4 is 10.1 Å². The van der Waals surface area contributed by atoms with E-state index in [9.17, 15) is 9.59 Å². The molecule has 0 aliphatic carbocycles. The number of esters is 2. The minimum Gasteiger partial charge on any atom is -0.489 e. The molecule has 0 amide bonds. The van der Waals surface area contributed by atoms with E-state index in [0.29, 0.717) is 40.7 Å². The first-order valence-electron chi connectivity index (χ1n) is 10.3. The minimum absolute atomic E-state index is 0.254. The average Bonchev–Trinajstić information content (AvgIpc) is 3.30. The Morgan fingerprint density at radius 3 is 2.58 bits per heavy atom. The normalized spacial score (nSPS) is 14.8.